The van der Waals surface area contributed by atoms with E-state index >= 15 is 0 Å². The molecule has 2 aliphatic heterocycles. The Labute approximate surface area is 156 Å². The van der Waals surface area contributed by atoms with Crippen LogP contribution in [-0.4, -0.2) is 60.9 Å². The average Bonchev–Trinajstić information content (AvgIpc) is 3.16. The van der Waals surface area contributed by atoms with E-state index < -0.39 is 0 Å². The molecule has 0 aromatic heterocycles. The molecule has 2 amide bonds. The van der Waals surface area contributed by atoms with Gasteiger partial charge in [0.15, 0.2) is 0 Å². The molecule has 0 bridgehead atoms. The van der Waals surface area contributed by atoms with Crippen molar-refractivity contribution >= 4 is 24.2 Å². The molecule has 3 rings (SSSR count). The van der Waals surface area contributed by atoms with Crippen molar-refractivity contribution in [2.45, 2.75) is 31.7 Å². The van der Waals surface area contributed by atoms with Crippen molar-refractivity contribution in [2.24, 2.45) is 5.92 Å². The molecule has 138 valence electrons. The predicted molar refractivity (Wildman–Crippen MR) is 101 cm³/mol. The zero-order valence-corrected chi connectivity index (χ0v) is 15.6. The molecular weight excluding hydrogens is 338 g/mol. The second kappa shape index (κ2) is 9.20. The minimum atomic E-state index is -0.0518. The predicted octanol–water partition coefficient (Wildman–Crippen LogP) is 1.71. The van der Waals surface area contributed by atoms with Gasteiger partial charge in [-0.25, -0.2) is 0 Å². The Morgan fingerprint density at radius 3 is 2.68 bits per heavy atom. The monoisotopic (exact) mass is 365 g/mol. The number of rotatable bonds is 4. The molecule has 0 aliphatic carbocycles. The van der Waals surface area contributed by atoms with Crippen LogP contribution in [0.4, 0.5) is 0 Å². The van der Waals surface area contributed by atoms with Gasteiger partial charge in [-0.05, 0) is 31.4 Å². The summed E-state index contributed by atoms with van der Waals surface area (Å²) in [5.41, 5.74) is 1.03. The van der Waals surface area contributed by atoms with Crippen LogP contribution < -0.4 is 5.32 Å². The Hall–Kier alpha value is -1.59. The summed E-state index contributed by atoms with van der Waals surface area (Å²) >= 11 is 0. The quantitative estimate of drug-likeness (QED) is 0.883. The summed E-state index contributed by atoms with van der Waals surface area (Å²) in [6.45, 7) is 3.19. The SMILES string of the molecule is CN(C(=O)C1CCCN(C(=O)Cc2ccccc2)C1)C1CCNC1.Cl. The minimum Gasteiger partial charge on any atom is -0.342 e. The molecule has 0 spiro atoms. The molecule has 1 aromatic carbocycles. The number of hydrogen-bond acceptors (Lipinski definition) is 3. The first-order valence-electron chi connectivity index (χ1n) is 8.94. The van der Waals surface area contributed by atoms with Gasteiger partial charge in [0, 0.05) is 32.7 Å². The second-order valence-electron chi connectivity index (χ2n) is 6.94. The lowest BCUT2D eigenvalue weighted by Crippen LogP contribution is -2.49. The van der Waals surface area contributed by atoms with Gasteiger partial charge in [0.1, 0.15) is 0 Å². The van der Waals surface area contributed by atoms with Gasteiger partial charge >= 0.3 is 0 Å². The first-order chi connectivity index (χ1) is 11.6. The van der Waals surface area contributed by atoms with Crippen LogP contribution in [0.2, 0.25) is 0 Å². The number of amides is 2. The lowest BCUT2D eigenvalue weighted by molar-refractivity contribution is -0.141. The molecule has 2 atom stereocenters. The van der Waals surface area contributed by atoms with Crippen molar-refractivity contribution in [2.75, 3.05) is 33.2 Å². The number of nitrogens with one attached hydrogen (secondary N) is 1. The summed E-state index contributed by atoms with van der Waals surface area (Å²) in [5, 5.41) is 3.31. The third-order valence-electron chi connectivity index (χ3n) is 5.25. The standard InChI is InChI=1S/C19H27N3O2.ClH/c1-21(17-9-10-20-13-17)19(24)16-8-5-11-22(14-16)18(23)12-15-6-3-2-4-7-15;/h2-4,6-7,16-17,20H,5,8-14H2,1H3;1H. The van der Waals surface area contributed by atoms with Gasteiger partial charge in [0.2, 0.25) is 11.8 Å². The summed E-state index contributed by atoms with van der Waals surface area (Å²) in [6.07, 6.45) is 3.24. The third kappa shape index (κ3) is 4.95. The van der Waals surface area contributed by atoms with E-state index in [1.807, 2.05) is 47.2 Å². The fourth-order valence-corrected chi connectivity index (χ4v) is 3.73. The maximum atomic E-state index is 12.8. The first kappa shape index (κ1) is 19.7. The number of likely N-dealkylation sites (N-methyl/N-ethyl adjacent to an activating group) is 1. The normalized spacial score (nSPS) is 23.0. The van der Waals surface area contributed by atoms with Crippen LogP contribution in [0.15, 0.2) is 30.3 Å². The number of hydrogen-bond donors (Lipinski definition) is 1. The van der Waals surface area contributed by atoms with Gasteiger partial charge in [-0.1, -0.05) is 30.3 Å². The highest BCUT2D eigenvalue weighted by molar-refractivity contribution is 5.85. The molecule has 2 aliphatic rings. The summed E-state index contributed by atoms with van der Waals surface area (Å²) < 4.78 is 0. The highest BCUT2D eigenvalue weighted by Gasteiger charge is 2.33. The van der Waals surface area contributed by atoms with Crippen LogP contribution in [0.25, 0.3) is 0 Å². The number of nitrogens with zero attached hydrogens (tertiary/aromatic N) is 2. The van der Waals surface area contributed by atoms with Crippen LogP contribution in [0.1, 0.15) is 24.8 Å². The first-order valence-corrected chi connectivity index (χ1v) is 8.94. The number of benzene rings is 1. The fourth-order valence-electron chi connectivity index (χ4n) is 3.73. The average molecular weight is 366 g/mol. The van der Waals surface area contributed by atoms with Crippen molar-refractivity contribution < 1.29 is 9.59 Å². The highest BCUT2D eigenvalue weighted by atomic mass is 35.5. The molecule has 2 unspecified atom stereocenters. The smallest absolute Gasteiger partial charge is 0.227 e. The molecule has 1 N–H and O–H groups in total. The van der Waals surface area contributed by atoms with Gasteiger partial charge in [-0.15, -0.1) is 12.4 Å². The van der Waals surface area contributed by atoms with E-state index in [0.29, 0.717) is 19.0 Å². The zero-order valence-electron chi connectivity index (χ0n) is 14.8. The fraction of sp³-hybridized carbons (Fsp3) is 0.579. The van der Waals surface area contributed by atoms with Gasteiger partial charge < -0.3 is 15.1 Å². The number of piperidine rings is 1. The van der Waals surface area contributed by atoms with Crippen LogP contribution in [0.5, 0.6) is 0 Å². The summed E-state index contributed by atoms with van der Waals surface area (Å²) in [6, 6.07) is 10.1. The molecule has 0 saturated carbocycles. The van der Waals surface area contributed by atoms with Crippen molar-refractivity contribution in [3.8, 4) is 0 Å². The van der Waals surface area contributed by atoms with E-state index in [1.54, 1.807) is 0 Å². The van der Waals surface area contributed by atoms with Crippen molar-refractivity contribution in [3.63, 3.8) is 0 Å². The lowest BCUT2D eigenvalue weighted by Gasteiger charge is -2.35. The van der Waals surface area contributed by atoms with E-state index in [-0.39, 0.29) is 30.1 Å². The third-order valence-corrected chi connectivity index (χ3v) is 5.25. The molecule has 25 heavy (non-hydrogen) atoms. The summed E-state index contributed by atoms with van der Waals surface area (Å²) in [7, 11) is 1.91. The Morgan fingerprint density at radius 1 is 1.24 bits per heavy atom. The number of halogens is 1. The molecule has 1 aromatic rings. The molecule has 0 radical (unpaired) electrons. The van der Waals surface area contributed by atoms with E-state index in [1.165, 1.54) is 0 Å². The van der Waals surface area contributed by atoms with Crippen molar-refractivity contribution in [1.29, 1.82) is 0 Å². The number of carbonyl (C=O) groups is 2. The van der Waals surface area contributed by atoms with E-state index in [0.717, 1.165) is 44.5 Å². The van der Waals surface area contributed by atoms with Crippen LogP contribution in [0.3, 0.4) is 0 Å². The second-order valence-corrected chi connectivity index (χ2v) is 6.94. The lowest BCUT2D eigenvalue weighted by atomic mass is 9.95. The molecule has 2 fully saturated rings. The topological polar surface area (TPSA) is 52.7 Å². The van der Waals surface area contributed by atoms with Gasteiger partial charge in [-0.2, -0.15) is 0 Å². The zero-order chi connectivity index (χ0) is 16.9. The van der Waals surface area contributed by atoms with E-state index in [9.17, 15) is 9.59 Å². The Bertz CT molecular complexity index is 575. The van der Waals surface area contributed by atoms with Crippen LogP contribution >= 0.6 is 12.4 Å². The molecular formula is C19H28ClN3O2. The molecule has 2 heterocycles. The van der Waals surface area contributed by atoms with E-state index in [2.05, 4.69) is 5.32 Å². The maximum Gasteiger partial charge on any atom is 0.227 e. The van der Waals surface area contributed by atoms with Crippen LogP contribution in [0, 0.1) is 5.92 Å². The van der Waals surface area contributed by atoms with E-state index in [4.69, 9.17) is 0 Å². The summed E-state index contributed by atoms with van der Waals surface area (Å²) in [4.78, 5) is 29.1. The Morgan fingerprint density at radius 2 is 2.00 bits per heavy atom. The van der Waals surface area contributed by atoms with Crippen molar-refractivity contribution in [1.82, 2.24) is 15.1 Å². The van der Waals surface area contributed by atoms with Gasteiger partial charge in [0.05, 0.1) is 12.3 Å². The molecule has 5 nitrogen and oxygen atoms in total. The van der Waals surface area contributed by atoms with Gasteiger partial charge in [0.25, 0.3) is 0 Å². The Kier molecular flexibility index (Phi) is 7.26. The number of carbonyl (C=O) groups excluding carboxylic acids is 2. The largest absolute Gasteiger partial charge is 0.342 e. The van der Waals surface area contributed by atoms with Crippen LogP contribution in [-0.2, 0) is 16.0 Å². The Balaban J connectivity index is 0.00000225. The number of likely N-dealkylation sites (tertiary alicyclic amines) is 1. The summed E-state index contributed by atoms with van der Waals surface area (Å²) in [5.74, 6) is 0.272. The van der Waals surface area contributed by atoms with Gasteiger partial charge in [-0.3, -0.25) is 9.59 Å². The molecule has 6 heteroatoms. The van der Waals surface area contributed by atoms with Crippen molar-refractivity contribution in [3.05, 3.63) is 35.9 Å². The maximum absolute atomic E-state index is 12.8. The minimum absolute atomic E-state index is 0. The highest BCUT2D eigenvalue weighted by Crippen LogP contribution is 2.21. The molecule has 2 saturated heterocycles.